The molecule has 0 unspecified atom stereocenters. The van der Waals surface area contributed by atoms with E-state index in [0.717, 1.165) is 25.9 Å². The molecule has 2 rings (SSSR count). The number of amides is 3. The number of hydrogen-bond donors (Lipinski definition) is 4. The van der Waals surface area contributed by atoms with E-state index in [1.165, 1.54) is 0 Å². The quantitative estimate of drug-likeness (QED) is 0.597. The van der Waals surface area contributed by atoms with Crippen molar-refractivity contribution in [2.75, 3.05) is 38.7 Å². The zero-order valence-electron chi connectivity index (χ0n) is 15.9. The van der Waals surface area contributed by atoms with Gasteiger partial charge < -0.3 is 26.0 Å². The number of para-hydroxylation sites is 1. The molecule has 1 fully saturated rings. The standard InChI is InChI=1S/C19H30N4O3/c1-14(2)22-18(25)23-16-7-5-4-6-15(16)17(24)21-12-19(13-26-3)8-10-20-11-9-19/h4-7,14,20H,8-13H2,1-3H3,(H,21,24)(H2,22,23,25). The summed E-state index contributed by atoms with van der Waals surface area (Å²) in [5, 5.41) is 11.9. The van der Waals surface area contributed by atoms with Crippen LogP contribution in [0.1, 0.15) is 37.0 Å². The fraction of sp³-hybridized carbons (Fsp3) is 0.579. The lowest BCUT2D eigenvalue weighted by Gasteiger charge is -2.37. The summed E-state index contributed by atoms with van der Waals surface area (Å²) >= 11 is 0. The van der Waals surface area contributed by atoms with Gasteiger partial charge in [-0.3, -0.25) is 4.79 Å². The summed E-state index contributed by atoms with van der Waals surface area (Å²) in [7, 11) is 1.69. The second-order valence-corrected chi connectivity index (χ2v) is 7.16. The molecule has 1 aromatic rings. The van der Waals surface area contributed by atoms with Crippen LogP contribution in [0.2, 0.25) is 0 Å². The van der Waals surface area contributed by atoms with Gasteiger partial charge in [0.2, 0.25) is 0 Å². The van der Waals surface area contributed by atoms with Crippen LogP contribution in [0.25, 0.3) is 0 Å². The number of rotatable bonds is 7. The van der Waals surface area contributed by atoms with Crippen LogP contribution in [0.3, 0.4) is 0 Å². The van der Waals surface area contributed by atoms with Crippen molar-refractivity contribution in [3.05, 3.63) is 29.8 Å². The predicted octanol–water partition coefficient (Wildman–Crippen LogP) is 1.96. The van der Waals surface area contributed by atoms with Crippen molar-refractivity contribution in [2.45, 2.75) is 32.7 Å². The zero-order chi connectivity index (χ0) is 19.0. The van der Waals surface area contributed by atoms with Gasteiger partial charge in [0, 0.05) is 25.1 Å². The molecule has 0 aliphatic carbocycles. The molecule has 1 aromatic carbocycles. The minimum Gasteiger partial charge on any atom is -0.384 e. The van der Waals surface area contributed by atoms with Gasteiger partial charge in [0.25, 0.3) is 5.91 Å². The zero-order valence-corrected chi connectivity index (χ0v) is 15.9. The van der Waals surface area contributed by atoms with Crippen molar-refractivity contribution in [1.82, 2.24) is 16.0 Å². The molecule has 1 saturated heterocycles. The maximum Gasteiger partial charge on any atom is 0.319 e. The van der Waals surface area contributed by atoms with Gasteiger partial charge in [-0.1, -0.05) is 12.1 Å². The van der Waals surface area contributed by atoms with Gasteiger partial charge >= 0.3 is 6.03 Å². The molecule has 1 heterocycles. The van der Waals surface area contributed by atoms with E-state index in [0.29, 0.717) is 24.4 Å². The Labute approximate surface area is 155 Å². The fourth-order valence-corrected chi connectivity index (χ4v) is 3.21. The molecule has 0 bridgehead atoms. The SMILES string of the molecule is COCC1(CNC(=O)c2ccccc2NC(=O)NC(C)C)CCNCC1. The van der Waals surface area contributed by atoms with Crippen LogP contribution in [0.5, 0.6) is 0 Å². The molecule has 4 N–H and O–H groups in total. The van der Waals surface area contributed by atoms with Crippen molar-refractivity contribution in [1.29, 1.82) is 0 Å². The number of hydrogen-bond acceptors (Lipinski definition) is 4. The maximum atomic E-state index is 12.7. The van der Waals surface area contributed by atoms with Gasteiger partial charge in [0.15, 0.2) is 0 Å². The fourth-order valence-electron chi connectivity index (χ4n) is 3.21. The highest BCUT2D eigenvalue weighted by Gasteiger charge is 2.32. The Morgan fingerprint density at radius 1 is 1.23 bits per heavy atom. The third-order valence-corrected chi connectivity index (χ3v) is 4.58. The molecule has 0 atom stereocenters. The van der Waals surface area contributed by atoms with Crippen LogP contribution < -0.4 is 21.3 Å². The molecule has 1 aliphatic heterocycles. The molecule has 1 aliphatic rings. The van der Waals surface area contributed by atoms with Crippen molar-refractivity contribution in [2.24, 2.45) is 5.41 Å². The number of benzene rings is 1. The van der Waals surface area contributed by atoms with Crippen LogP contribution in [0.15, 0.2) is 24.3 Å². The monoisotopic (exact) mass is 362 g/mol. The van der Waals surface area contributed by atoms with E-state index in [9.17, 15) is 9.59 Å². The topological polar surface area (TPSA) is 91.5 Å². The molecule has 0 spiro atoms. The normalized spacial score (nSPS) is 16.2. The first-order chi connectivity index (χ1) is 12.5. The summed E-state index contributed by atoms with van der Waals surface area (Å²) in [4.78, 5) is 24.7. The van der Waals surface area contributed by atoms with E-state index in [4.69, 9.17) is 4.74 Å². The van der Waals surface area contributed by atoms with Gasteiger partial charge in [-0.05, 0) is 51.9 Å². The number of anilines is 1. The average molecular weight is 362 g/mol. The Morgan fingerprint density at radius 3 is 2.58 bits per heavy atom. The first-order valence-corrected chi connectivity index (χ1v) is 9.10. The smallest absolute Gasteiger partial charge is 0.319 e. The predicted molar refractivity (Wildman–Crippen MR) is 102 cm³/mol. The van der Waals surface area contributed by atoms with Crippen molar-refractivity contribution >= 4 is 17.6 Å². The van der Waals surface area contributed by atoms with Gasteiger partial charge in [0.05, 0.1) is 17.9 Å². The number of carbonyl (C=O) groups excluding carboxylic acids is 2. The van der Waals surface area contributed by atoms with Crippen molar-refractivity contribution in [3.8, 4) is 0 Å². The van der Waals surface area contributed by atoms with E-state index in [1.54, 1.807) is 31.4 Å². The molecular weight excluding hydrogens is 332 g/mol. The number of methoxy groups -OCH3 is 1. The molecule has 0 aromatic heterocycles. The minimum absolute atomic E-state index is 0.0183. The summed E-state index contributed by atoms with van der Waals surface area (Å²) in [5.74, 6) is -0.195. The lowest BCUT2D eigenvalue weighted by Crippen LogP contribution is -2.47. The Balaban J connectivity index is 2.03. The lowest BCUT2D eigenvalue weighted by molar-refractivity contribution is 0.0512. The van der Waals surface area contributed by atoms with E-state index in [-0.39, 0.29) is 23.4 Å². The molecule has 0 radical (unpaired) electrons. The molecular formula is C19H30N4O3. The van der Waals surface area contributed by atoms with E-state index in [2.05, 4.69) is 21.3 Å². The van der Waals surface area contributed by atoms with Gasteiger partial charge in [0.1, 0.15) is 0 Å². The summed E-state index contributed by atoms with van der Waals surface area (Å²) in [5.41, 5.74) is 0.898. The van der Waals surface area contributed by atoms with Gasteiger partial charge in [-0.15, -0.1) is 0 Å². The number of urea groups is 1. The Bertz CT molecular complexity index is 607. The average Bonchev–Trinajstić information content (AvgIpc) is 2.60. The highest BCUT2D eigenvalue weighted by atomic mass is 16.5. The Kier molecular flexibility index (Phi) is 7.41. The molecule has 3 amide bonds. The first kappa shape index (κ1) is 20.2. The molecule has 7 nitrogen and oxygen atoms in total. The van der Waals surface area contributed by atoms with Crippen LogP contribution in [-0.4, -0.2) is 51.3 Å². The molecule has 7 heteroatoms. The highest BCUT2D eigenvalue weighted by molar-refractivity contribution is 6.03. The van der Waals surface area contributed by atoms with Crippen LogP contribution >= 0.6 is 0 Å². The van der Waals surface area contributed by atoms with E-state index < -0.39 is 0 Å². The Hall–Kier alpha value is -2.12. The largest absolute Gasteiger partial charge is 0.384 e. The third-order valence-electron chi connectivity index (χ3n) is 4.58. The second kappa shape index (κ2) is 9.54. The second-order valence-electron chi connectivity index (χ2n) is 7.16. The van der Waals surface area contributed by atoms with E-state index in [1.807, 2.05) is 13.8 Å². The molecule has 0 saturated carbocycles. The summed E-state index contributed by atoms with van der Waals surface area (Å²) < 4.78 is 5.39. The molecule has 144 valence electrons. The van der Waals surface area contributed by atoms with Crippen LogP contribution in [0.4, 0.5) is 10.5 Å². The number of piperidine rings is 1. The minimum atomic E-state index is -0.325. The van der Waals surface area contributed by atoms with Crippen molar-refractivity contribution < 1.29 is 14.3 Å². The number of carbonyl (C=O) groups is 2. The highest BCUT2D eigenvalue weighted by Crippen LogP contribution is 2.28. The van der Waals surface area contributed by atoms with Gasteiger partial charge in [-0.25, -0.2) is 4.79 Å². The summed E-state index contributed by atoms with van der Waals surface area (Å²) in [6, 6.07) is 6.71. The summed E-state index contributed by atoms with van der Waals surface area (Å²) in [6.45, 7) is 6.78. The van der Waals surface area contributed by atoms with Crippen LogP contribution in [-0.2, 0) is 4.74 Å². The van der Waals surface area contributed by atoms with Gasteiger partial charge in [-0.2, -0.15) is 0 Å². The first-order valence-electron chi connectivity index (χ1n) is 9.10. The third kappa shape index (κ3) is 5.71. The van der Waals surface area contributed by atoms with Crippen molar-refractivity contribution in [3.63, 3.8) is 0 Å². The summed E-state index contributed by atoms with van der Waals surface area (Å²) in [6.07, 6.45) is 1.91. The number of ether oxygens (including phenoxy) is 1. The van der Waals surface area contributed by atoms with E-state index >= 15 is 0 Å². The maximum absolute atomic E-state index is 12.7. The Morgan fingerprint density at radius 2 is 1.92 bits per heavy atom. The number of nitrogens with one attached hydrogen (secondary N) is 4. The molecule has 26 heavy (non-hydrogen) atoms. The lowest BCUT2D eigenvalue weighted by atomic mass is 9.79. The van der Waals surface area contributed by atoms with Crippen LogP contribution in [0, 0.1) is 5.41 Å².